The third kappa shape index (κ3) is 1.47. The van der Waals surface area contributed by atoms with Crippen LogP contribution < -0.4 is 0 Å². The van der Waals surface area contributed by atoms with Crippen molar-refractivity contribution in [2.24, 2.45) is 0 Å². The highest BCUT2D eigenvalue weighted by Crippen LogP contribution is 2.45. The highest BCUT2D eigenvalue weighted by molar-refractivity contribution is 5.02. The standard InChI is InChI=1S/C11H20O3/c1-10(2)8-5-6-11(3,14-8)9(13-10)7-12-4/h8-9H,5-7H2,1-4H3. The summed E-state index contributed by atoms with van der Waals surface area (Å²) in [6, 6.07) is 0. The lowest BCUT2D eigenvalue weighted by Crippen LogP contribution is -2.56. The van der Waals surface area contributed by atoms with Gasteiger partial charge < -0.3 is 14.2 Å². The van der Waals surface area contributed by atoms with E-state index in [1.165, 1.54) is 0 Å². The molecule has 2 fully saturated rings. The Labute approximate surface area is 85.7 Å². The van der Waals surface area contributed by atoms with Crippen LogP contribution in [0.1, 0.15) is 33.6 Å². The van der Waals surface area contributed by atoms with E-state index < -0.39 is 0 Å². The third-order valence-electron chi connectivity index (χ3n) is 3.53. The molecule has 3 nitrogen and oxygen atoms in total. The molecule has 0 aromatic heterocycles. The lowest BCUT2D eigenvalue weighted by molar-refractivity contribution is -0.273. The predicted octanol–water partition coefficient (Wildman–Crippen LogP) is 1.75. The van der Waals surface area contributed by atoms with E-state index in [1.54, 1.807) is 7.11 Å². The van der Waals surface area contributed by atoms with Crippen molar-refractivity contribution in [3.05, 3.63) is 0 Å². The van der Waals surface area contributed by atoms with Crippen molar-refractivity contribution in [2.45, 2.75) is 57.0 Å². The first-order chi connectivity index (χ1) is 6.48. The van der Waals surface area contributed by atoms with Gasteiger partial charge in [0, 0.05) is 7.11 Å². The summed E-state index contributed by atoms with van der Waals surface area (Å²) >= 11 is 0. The van der Waals surface area contributed by atoms with Gasteiger partial charge in [0.15, 0.2) is 0 Å². The Balaban J connectivity index is 2.17. The van der Waals surface area contributed by atoms with E-state index in [1.807, 2.05) is 0 Å². The van der Waals surface area contributed by atoms with E-state index in [0.717, 1.165) is 12.8 Å². The molecule has 3 heteroatoms. The second kappa shape index (κ2) is 3.19. The van der Waals surface area contributed by atoms with Gasteiger partial charge in [-0.1, -0.05) is 0 Å². The minimum atomic E-state index is -0.167. The summed E-state index contributed by atoms with van der Waals surface area (Å²) in [5.74, 6) is 0. The lowest BCUT2D eigenvalue weighted by atomic mass is 9.96. The zero-order chi connectivity index (χ0) is 10.4. The predicted molar refractivity (Wildman–Crippen MR) is 53.3 cm³/mol. The first-order valence-corrected chi connectivity index (χ1v) is 5.32. The first-order valence-electron chi connectivity index (χ1n) is 5.32. The van der Waals surface area contributed by atoms with Crippen molar-refractivity contribution in [2.75, 3.05) is 13.7 Å². The summed E-state index contributed by atoms with van der Waals surface area (Å²) in [6.07, 6.45) is 2.50. The van der Waals surface area contributed by atoms with Crippen LogP contribution in [0.3, 0.4) is 0 Å². The van der Waals surface area contributed by atoms with Crippen LogP contribution in [0.5, 0.6) is 0 Å². The maximum atomic E-state index is 6.06. The van der Waals surface area contributed by atoms with Crippen LogP contribution in [0, 0.1) is 0 Å². The number of methoxy groups -OCH3 is 1. The monoisotopic (exact) mass is 200 g/mol. The maximum absolute atomic E-state index is 6.06. The minimum Gasteiger partial charge on any atom is -0.382 e. The van der Waals surface area contributed by atoms with E-state index in [0.29, 0.717) is 6.61 Å². The molecule has 2 saturated heterocycles. The molecule has 2 bridgehead atoms. The Morgan fingerprint density at radius 1 is 1.29 bits per heavy atom. The highest BCUT2D eigenvalue weighted by atomic mass is 16.6. The fourth-order valence-corrected chi connectivity index (χ4v) is 2.52. The van der Waals surface area contributed by atoms with Gasteiger partial charge in [-0.15, -0.1) is 0 Å². The van der Waals surface area contributed by atoms with Crippen molar-refractivity contribution in [3.63, 3.8) is 0 Å². The van der Waals surface area contributed by atoms with E-state index in [-0.39, 0.29) is 23.4 Å². The normalized spacial score (nSPS) is 45.4. The molecule has 0 aromatic carbocycles. The van der Waals surface area contributed by atoms with Gasteiger partial charge in [-0.05, 0) is 33.6 Å². The average molecular weight is 200 g/mol. The summed E-state index contributed by atoms with van der Waals surface area (Å²) in [4.78, 5) is 0. The molecular formula is C11H20O3. The second-order valence-electron chi connectivity index (χ2n) is 5.12. The van der Waals surface area contributed by atoms with Crippen molar-refractivity contribution in [3.8, 4) is 0 Å². The molecule has 0 spiro atoms. The molecule has 0 amide bonds. The van der Waals surface area contributed by atoms with E-state index in [4.69, 9.17) is 14.2 Å². The highest BCUT2D eigenvalue weighted by Gasteiger charge is 2.54. The fraction of sp³-hybridized carbons (Fsp3) is 1.00. The Hall–Kier alpha value is -0.120. The van der Waals surface area contributed by atoms with Gasteiger partial charge in [0.05, 0.1) is 23.9 Å². The van der Waals surface area contributed by atoms with E-state index >= 15 is 0 Å². The van der Waals surface area contributed by atoms with Crippen LogP contribution in [-0.2, 0) is 14.2 Å². The zero-order valence-corrected chi connectivity index (χ0v) is 9.50. The van der Waals surface area contributed by atoms with Crippen molar-refractivity contribution < 1.29 is 14.2 Å². The molecule has 14 heavy (non-hydrogen) atoms. The molecule has 0 radical (unpaired) electrons. The van der Waals surface area contributed by atoms with Gasteiger partial charge in [0.25, 0.3) is 0 Å². The molecule has 82 valence electrons. The smallest absolute Gasteiger partial charge is 0.110 e. The summed E-state index contributed by atoms with van der Waals surface area (Å²) in [5.41, 5.74) is -0.296. The maximum Gasteiger partial charge on any atom is 0.110 e. The lowest BCUT2D eigenvalue weighted by Gasteiger charge is -2.46. The molecule has 2 rings (SSSR count). The SMILES string of the molecule is COCC1OC(C)(C)C2CCC1(C)O2. The summed E-state index contributed by atoms with van der Waals surface area (Å²) < 4.78 is 17.3. The molecule has 2 aliphatic heterocycles. The Morgan fingerprint density at radius 2 is 2.00 bits per heavy atom. The van der Waals surface area contributed by atoms with E-state index in [9.17, 15) is 0 Å². The molecule has 2 heterocycles. The largest absolute Gasteiger partial charge is 0.382 e. The summed E-state index contributed by atoms with van der Waals surface area (Å²) in [7, 11) is 1.71. The number of fused-ring (bicyclic) bond motifs is 2. The molecule has 0 N–H and O–H groups in total. The van der Waals surface area contributed by atoms with Crippen LogP contribution in [0.25, 0.3) is 0 Å². The number of hydrogen-bond donors (Lipinski definition) is 0. The molecule has 0 aliphatic carbocycles. The van der Waals surface area contributed by atoms with Gasteiger partial charge >= 0.3 is 0 Å². The van der Waals surface area contributed by atoms with Crippen molar-refractivity contribution >= 4 is 0 Å². The minimum absolute atomic E-state index is 0.0706. The van der Waals surface area contributed by atoms with Gasteiger partial charge in [0.2, 0.25) is 0 Å². The van der Waals surface area contributed by atoms with Crippen molar-refractivity contribution in [1.82, 2.24) is 0 Å². The molecule has 2 aliphatic rings. The zero-order valence-electron chi connectivity index (χ0n) is 9.50. The first kappa shape index (κ1) is 10.4. The van der Waals surface area contributed by atoms with Crippen LogP contribution in [0.2, 0.25) is 0 Å². The number of hydrogen-bond acceptors (Lipinski definition) is 3. The Bertz CT molecular complexity index is 227. The van der Waals surface area contributed by atoms with Crippen LogP contribution in [-0.4, -0.2) is 37.1 Å². The second-order valence-corrected chi connectivity index (χ2v) is 5.12. The van der Waals surface area contributed by atoms with Crippen LogP contribution in [0.4, 0.5) is 0 Å². The molecule has 0 saturated carbocycles. The fourth-order valence-electron chi connectivity index (χ4n) is 2.52. The number of rotatable bonds is 2. The topological polar surface area (TPSA) is 27.7 Å². The molecule has 0 aromatic rings. The summed E-state index contributed by atoms with van der Waals surface area (Å²) in [5, 5.41) is 0. The van der Waals surface area contributed by atoms with Gasteiger partial charge in [0.1, 0.15) is 6.10 Å². The van der Waals surface area contributed by atoms with Crippen LogP contribution >= 0.6 is 0 Å². The van der Waals surface area contributed by atoms with Crippen LogP contribution in [0.15, 0.2) is 0 Å². The van der Waals surface area contributed by atoms with Gasteiger partial charge in [-0.2, -0.15) is 0 Å². The quantitative estimate of drug-likeness (QED) is 0.679. The van der Waals surface area contributed by atoms with Gasteiger partial charge in [-0.25, -0.2) is 0 Å². The Morgan fingerprint density at radius 3 is 2.64 bits per heavy atom. The average Bonchev–Trinajstić information content (AvgIpc) is 2.45. The van der Waals surface area contributed by atoms with Gasteiger partial charge in [-0.3, -0.25) is 0 Å². The molecular weight excluding hydrogens is 180 g/mol. The van der Waals surface area contributed by atoms with E-state index in [2.05, 4.69) is 20.8 Å². The number of ether oxygens (including phenoxy) is 3. The summed E-state index contributed by atoms with van der Waals surface area (Å²) in [6.45, 7) is 6.95. The molecule has 3 unspecified atom stereocenters. The Kier molecular flexibility index (Phi) is 2.37. The molecule has 3 atom stereocenters. The van der Waals surface area contributed by atoms with Crippen molar-refractivity contribution in [1.29, 1.82) is 0 Å². The third-order valence-corrected chi connectivity index (χ3v) is 3.53.